The van der Waals surface area contributed by atoms with Gasteiger partial charge in [0, 0.05) is 20.0 Å². The van der Waals surface area contributed by atoms with Crippen molar-refractivity contribution in [2.75, 3.05) is 11.3 Å². The van der Waals surface area contributed by atoms with Crippen molar-refractivity contribution in [3.63, 3.8) is 0 Å². The van der Waals surface area contributed by atoms with E-state index < -0.39 is 10.0 Å². The van der Waals surface area contributed by atoms with Gasteiger partial charge in [-0.3, -0.25) is 9.52 Å². The number of benzene rings is 2. The molecule has 0 spiro atoms. The molecule has 0 heterocycles. The van der Waals surface area contributed by atoms with Crippen molar-refractivity contribution in [2.45, 2.75) is 26.1 Å². The van der Waals surface area contributed by atoms with Crippen LogP contribution < -0.4 is 4.72 Å². The molecule has 0 bridgehead atoms. The van der Waals surface area contributed by atoms with Crippen LogP contribution in [-0.4, -0.2) is 25.8 Å². The molecule has 0 aliphatic rings. The highest BCUT2D eigenvalue weighted by molar-refractivity contribution is 7.91. The van der Waals surface area contributed by atoms with Gasteiger partial charge in [-0.25, -0.2) is 8.42 Å². The standard InChI is InChI=1S/C18H20Cl2N2O3S/c1-3-22(13(2)23)11-15-6-4-5-7-18(15)21-26(24,25)12-14-8-9-16(19)17(20)10-14/h4-10,21H,3,11-12H2,1-2H3. The second kappa shape index (κ2) is 8.75. The lowest BCUT2D eigenvalue weighted by Gasteiger charge is -2.21. The molecule has 0 fully saturated rings. The van der Waals surface area contributed by atoms with Crippen molar-refractivity contribution < 1.29 is 13.2 Å². The number of amides is 1. The van der Waals surface area contributed by atoms with Crippen LogP contribution in [0.5, 0.6) is 0 Å². The number of anilines is 1. The fraction of sp³-hybridized carbons (Fsp3) is 0.278. The van der Waals surface area contributed by atoms with Crippen molar-refractivity contribution in [1.82, 2.24) is 4.90 Å². The molecule has 0 radical (unpaired) electrons. The van der Waals surface area contributed by atoms with Crippen molar-refractivity contribution in [2.24, 2.45) is 0 Å². The molecular weight excluding hydrogens is 395 g/mol. The summed E-state index contributed by atoms with van der Waals surface area (Å²) >= 11 is 11.8. The van der Waals surface area contributed by atoms with Gasteiger partial charge in [0.15, 0.2) is 0 Å². The van der Waals surface area contributed by atoms with E-state index in [2.05, 4.69) is 4.72 Å². The Bertz CT molecular complexity index is 901. The van der Waals surface area contributed by atoms with E-state index >= 15 is 0 Å². The van der Waals surface area contributed by atoms with E-state index in [0.29, 0.717) is 34.4 Å². The number of hydrogen-bond donors (Lipinski definition) is 1. The Morgan fingerprint density at radius 1 is 1.12 bits per heavy atom. The first-order valence-corrected chi connectivity index (χ1v) is 10.4. The van der Waals surface area contributed by atoms with E-state index in [0.717, 1.165) is 5.56 Å². The second-order valence-corrected chi connectivity index (χ2v) is 8.34. The number of rotatable bonds is 7. The topological polar surface area (TPSA) is 66.5 Å². The third-order valence-corrected chi connectivity index (χ3v) is 5.80. The third kappa shape index (κ3) is 5.62. The number of para-hydroxylation sites is 1. The Hall–Kier alpha value is -1.76. The minimum atomic E-state index is -3.66. The van der Waals surface area contributed by atoms with Crippen LogP contribution in [0.25, 0.3) is 0 Å². The van der Waals surface area contributed by atoms with Crippen molar-refractivity contribution in [1.29, 1.82) is 0 Å². The summed E-state index contributed by atoms with van der Waals surface area (Å²) in [6.07, 6.45) is 0. The van der Waals surface area contributed by atoms with Gasteiger partial charge in [0.25, 0.3) is 0 Å². The summed E-state index contributed by atoms with van der Waals surface area (Å²) in [6.45, 7) is 4.23. The second-order valence-electron chi connectivity index (χ2n) is 5.80. The summed E-state index contributed by atoms with van der Waals surface area (Å²) in [6, 6.07) is 11.7. The van der Waals surface area contributed by atoms with E-state index in [9.17, 15) is 13.2 Å². The van der Waals surface area contributed by atoms with E-state index in [-0.39, 0.29) is 11.7 Å². The van der Waals surface area contributed by atoms with Gasteiger partial charge in [-0.05, 0) is 36.2 Å². The molecule has 0 aromatic heterocycles. The van der Waals surface area contributed by atoms with Crippen LogP contribution in [0.1, 0.15) is 25.0 Å². The van der Waals surface area contributed by atoms with E-state index in [1.165, 1.54) is 13.0 Å². The summed E-state index contributed by atoms with van der Waals surface area (Å²) < 4.78 is 27.7. The number of sulfonamides is 1. The van der Waals surface area contributed by atoms with E-state index in [1.54, 1.807) is 41.3 Å². The molecule has 0 unspecified atom stereocenters. The van der Waals surface area contributed by atoms with E-state index in [4.69, 9.17) is 23.2 Å². The lowest BCUT2D eigenvalue weighted by atomic mass is 10.1. The van der Waals surface area contributed by atoms with Gasteiger partial charge in [-0.2, -0.15) is 0 Å². The summed E-state index contributed by atoms with van der Waals surface area (Å²) in [5.41, 5.74) is 1.71. The van der Waals surface area contributed by atoms with Crippen LogP contribution >= 0.6 is 23.2 Å². The SMILES string of the molecule is CCN(Cc1ccccc1NS(=O)(=O)Cc1ccc(Cl)c(Cl)c1)C(C)=O. The van der Waals surface area contributed by atoms with Gasteiger partial charge in [0.05, 0.1) is 21.5 Å². The Kier molecular flexibility index (Phi) is 6.92. The molecular formula is C18H20Cl2N2O3S. The average Bonchev–Trinajstić information content (AvgIpc) is 2.56. The van der Waals surface area contributed by atoms with E-state index in [1.807, 2.05) is 6.92 Å². The van der Waals surface area contributed by atoms with Crippen LogP contribution in [0.2, 0.25) is 10.0 Å². The van der Waals surface area contributed by atoms with Gasteiger partial charge >= 0.3 is 0 Å². The summed E-state index contributed by atoms with van der Waals surface area (Å²) in [5, 5.41) is 0.676. The molecule has 5 nitrogen and oxygen atoms in total. The molecule has 2 aromatic carbocycles. The maximum absolute atomic E-state index is 12.5. The minimum absolute atomic E-state index is 0.0685. The Balaban J connectivity index is 2.21. The monoisotopic (exact) mass is 414 g/mol. The Labute approximate surface area is 164 Å². The molecule has 0 saturated heterocycles. The van der Waals surface area contributed by atoms with Crippen LogP contribution in [-0.2, 0) is 27.1 Å². The Morgan fingerprint density at radius 3 is 2.42 bits per heavy atom. The van der Waals surface area contributed by atoms with Crippen molar-refractivity contribution >= 4 is 44.8 Å². The lowest BCUT2D eigenvalue weighted by molar-refractivity contribution is -0.129. The molecule has 140 valence electrons. The van der Waals surface area contributed by atoms with Crippen molar-refractivity contribution in [3.05, 3.63) is 63.6 Å². The number of nitrogens with zero attached hydrogens (tertiary/aromatic N) is 1. The molecule has 0 aliphatic heterocycles. The fourth-order valence-corrected chi connectivity index (χ4v) is 4.01. The van der Waals surface area contributed by atoms with Crippen LogP contribution in [0.3, 0.4) is 0 Å². The molecule has 0 aliphatic carbocycles. The maximum atomic E-state index is 12.5. The molecule has 0 saturated carbocycles. The zero-order valence-electron chi connectivity index (χ0n) is 14.5. The lowest BCUT2D eigenvalue weighted by Crippen LogP contribution is -2.28. The highest BCUT2D eigenvalue weighted by Gasteiger charge is 2.16. The molecule has 26 heavy (non-hydrogen) atoms. The predicted molar refractivity (Wildman–Crippen MR) is 106 cm³/mol. The van der Waals surface area contributed by atoms with Crippen LogP contribution in [0.4, 0.5) is 5.69 Å². The molecule has 1 amide bonds. The zero-order chi connectivity index (χ0) is 19.3. The van der Waals surface area contributed by atoms with Gasteiger partial charge in [-0.1, -0.05) is 47.5 Å². The predicted octanol–water partition coefficient (Wildman–Crippen LogP) is 4.30. The summed E-state index contributed by atoms with van der Waals surface area (Å²) in [7, 11) is -3.66. The molecule has 1 N–H and O–H groups in total. The number of carbonyl (C=O) groups is 1. The van der Waals surface area contributed by atoms with Crippen LogP contribution in [0.15, 0.2) is 42.5 Å². The average molecular weight is 415 g/mol. The highest BCUT2D eigenvalue weighted by Crippen LogP contribution is 2.25. The number of halogens is 2. The van der Waals surface area contributed by atoms with Crippen LogP contribution in [0, 0.1) is 0 Å². The number of hydrogen-bond acceptors (Lipinski definition) is 3. The Morgan fingerprint density at radius 2 is 1.81 bits per heavy atom. The first-order valence-electron chi connectivity index (χ1n) is 7.99. The third-order valence-electron chi connectivity index (χ3n) is 3.81. The van der Waals surface area contributed by atoms with Crippen molar-refractivity contribution in [3.8, 4) is 0 Å². The first-order chi connectivity index (χ1) is 12.2. The largest absolute Gasteiger partial charge is 0.339 e. The summed E-state index contributed by atoms with van der Waals surface area (Å²) in [5.74, 6) is -0.302. The molecule has 2 rings (SSSR count). The fourth-order valence-electron chi connectivity index (χ4n) is 2.46. The minimum Gasteiger partial charge on any atom is -0.339 e. The van der Waals surface area contributed by atoms with Gasteiger partial charge in [0.2, 0.25) is 15.9 Å². The van der Waals surface area contributed by atoms with Gasteiger partial charge in [-0.15, -0.1) is 0 Å². The highest BCUT2D eigenvalue weighted by atomic mass is 35.5. The van der Waals surface area contributed by atoms with Gasteiger partial charge in [0.1, 0.15) is 0 Å². The number of nitrogens with one attached hydrogen (secondary N) is 1. The molecule has 8 heteroatoms. The summed E-state index contributed by atoms with van der Waals surface area (Å²) in [4.78, 5) is 13.3. The smallest absolute Gasteiger partial charge is 0.236 e. The number of carbonyl (C=O) groups excluding carboxylic acids is 1. The zero-order valence-corrected chi connectivity index (χ0v) is 16.8. The maximum Gasteiger partial charge on any atom is 0.236 e. The molecule has 2 aromatic rings. The first kappa shape index (κ1) is 20.6. The van der Waals surface area contributed by atoms with Gasteiger partial charge < -0.3 is 4.90 Å². The molecule has 0 atom stereocenters. The quantitative estimate of drug-likeness (QED) is 0.733. The normalized spacial score (nSPS) is 11.2.